The molecule has 0 bridgehead atoms. The van der Waals surface area contributed by atoms with Crippen LogP contribution in [0.5, 0.6) is 0 Å². The predicted molar refractivity (Wildman–Crippen MR) is 61.5 cm³/mol. The average molecular weight is 202 g/mol. The Bertz CT molecular complexity index is 120. The van der Waals surface area contributed by atoms with E-state index in [4.69, 9.17) is 10.5 Å². The van der Waals surface area contributed by atoms with Crippen LogP contribution in [0.4, 0.5) is 0 Å². The van der Waals surface area contributed by atoms with Crippen molar-refractivity contribution in [3.8, 4) is 0 Å². The lowest BCUT2D eigenvalue weighted by atomic mass is 10.1. The molecule has 2 N–H and O–H groups in total. The van der Waals surface area contributed by atoms with E-state index in [1.807, 2.05) is 0 Å². The van der Waals surface area contributed by atoms with Gasteiger partial charge < -0.3 is 15.4 Å². The molecule has 86 valence electrons. The first-order chi connectivity index (χ1) is 6.70. The molecule has 0 rings (SSSR count). The van der Waals surface area contributed by atoms with Crippen LogP contribution in [0.2, 0.25) is 0 Å². The molecule has 3 nitrogen and oxygen atoms in total. The van der Waals surface area contributed by atoms with Gasteiger partial charge in [0.1, 0.15) is 0 Å². The van der Waals surface area contributed by atoms with E-state index in [9.17, 15) is 0 Å². The molecule has 0 spiro atoms. The number of methoxy groups -OCH3 is 1. The van der Waals surface area contributed by atoms with E-state index in [0.29, 0.717) is 6.04 Å². The number of hydrogen-bond acceptors (Lipinski definition) is 3. The fourth-order valence-corrected chi connectivity index (χ4v) is 1.42. The number of hydrogen-bond donors (Lipinski definition) is 1. The summed E-state index contributed by atoms with van der Waals surface area (Å²) in [6.07, 6.45) is 4.56. The minimum absolute atomic E-state index is 0.391. The van der Waals surface area contributed by atoms with Crippen molar-refractivity contribution in [2.24, 2.45) is 5.73 Å². The summed E-state index contributed by atoms with van der Waals surface area (Å²) in [5.74, 6) is 0. The molecule has 0 aromatic heterocycles. The van der Waals surface area contributed by atoms with Crippen LogP contribution in [0.1, 0.15) is 32.6 Å². The number of nitrogens with two attached hydrogens (primary N) is 1. The molecule has 0 aliphatic heterocycles. The summed E-state index contributed by atoms with van der Waals surface area (Å²) < 4.78 is 5.01. The topological polar surface area (TPSA) is 38.5 Å². The minimum Gasteiger partial charge on any atom is -0.385 e. The molecule has 0 aliphatic carbocycles. The second-order valence-electron chi connectivity index (χ2n) is 3.96. The van der Waals surface area contributed by atoms with Crippen LogP contribution in [0.25, 0.3) is 0 Å². The van der Waals surface area contributed by atoms with Gasteiger partial charge in [0.25, 0.3) is 0 Å². The first-order valence-corrected chi connectivity index (χ1v) is 5.63. The van der Waals surface area contributed by atoms with Gasteiger partial charge in [-0.25, -0.2) is 0 Å². The van der Waals surface area contributed by atoms with E-state index in [1.165, 1.54) is 6.42 Å². The lowest BCUT2D eigenvalue weighted by Crippen LogP contribution is -2.25. The van der Waals surface area contributed by atoms with Gasteiger partial charge in [-0.15, -0.1) is 0 Å². The Morgan fingerprint density at radius 3 is 2.50 bits per heavy atom. The Hall–Kier alpha value is -0.120. The van der Waals surface area contributed by atoms with Gasteiger partial charge in [-0.1, -0.05) is 6.92 Å². The molecule has 0 aromatic rings. The third kappa shape index (κ3) is 8.48. The molecule has 0 saturated carbocycles. The summed E-state index contributed by atoms with van der Waals surface area (Å²) in [6.45, 7) is 5.28. The van der Waals surface area contributed by atoms with Crippen LogP contribution in [0, 0.1) is 0 Å². The van der Waals surface area contributed by atoms with Crippen LogP contribution in [-0.2, 0) is 4.74 Å². The minimum atomic E-state index is 0.391. The van der Waals surface area contributed by atoms with E-state index < -0.39 is 0 Å². The number of ether oxygens (including phenoxy) is 1. The summed E-state index contributed by atoms with van der Waals surface area (Å²) in [4.78, 5) is 2.35. The van der Waals surface area contributed by atoms with Crippen molar-refractivity contribution < 1.29 is 4.74 Å². The highest BCUT2D eigenvalue weighted by atomic mass is 16.5. The summed E-state index contributed by atoms with van der Waals surface area (Å²) in [5, 5.41) is 0. The Labute approximate surface area is 88.6 Å². The molecule has 0 aliphatic rings. The molecule has 0 saturated heterocycles. The van der Waals surface area contributed by atoms with E-state index in [1.54, 1.807) is 7.11 Å². The van der Waals surface area contributed by atoms with Crippen molar-refractivity contribution in [3.63, 3.8) is 0 Å². The maximum absolute atomic E-state index is 5.84. The number of rotatable bonds is 9. The zero-order valence-electron chi connectivity index (χ0n) is 9.96. The quantitative estimate of drug-likeness (QED) is 0.575. The summed E-state index contributed by atoms with van der Waals surface area (Å²) in [5.41, 5.74) is 5.84. The SMILES string of the molecule is CCC(N)CCCN(C)CCCOC. The molecule has 3 heteroatoms. The fraction of sp³-hybridized carbons (Fsp3) is 1.00. The highest BCUT2D eigenvalue weighted by Gasteiger charge is 2.01. The summed E-state index contributed by atoms with van der Waals surface area (Å²) >= 11 is 0. The first-order valence-electron chi connectivity index (χ1n) is 5.63. The van der Waals surface area contributed by atoms with Gasteiger partial charge in [0.15, 0.2) is 0 Å². The molecule has 1 atom stereocenters. The van der Waals surface area contributed by atoms with Crippen molar-refractivity contribution in [2.45, 2.75) is 38.6 Å². The van der Waals surface area contributed by atoms with Gasteiger partial charge in [-0.05, 0) is 39.3 Å². The van der Waals surface area contributed by atoms with Crippen LogP contribution in [0.15, 0.2) is 0 Å². The molecule has 1 unspecified atom stereocenters. The van der Waals surface area contributed by atoms with Gasteiger partial charge in [-0.2, -0.15) is 0 Å². The molecular formula is C11H26N2O. The normalized spacial score (nSPS) is 13.5. The van der Waals surface area contributed by atoms with Gasteiger partial charge in [0.2, 0.25) is 0 Å². The molecule has 0 radical (unpaired) electrons. The van der Waals surface area contributed by atoms with Crippen molar-refractivity contribution >= 4 is 0 Å². The molecule has 14 heavy (non-hydrogen) atoms. The van der Waals surface area contributed by atoms with Gasteiger partial charge in [0.05, 0.1) is 0 Å². The Morgan fingerprint density at radius 1 is 1.29 bits per heavy atom. The fourth-order valence-electron chi connectivity index (χ4n) is 1.42. The third-order valence-corrected chi connectivity index (χ3v) is 2.53. The van der Waals surface area contributed by atoms with Crippen molar-refractivity contribution in [1.29, 1.82) is 0 Å². The Morgan fingerprint density at radius 2 is 1.93 bits per heavy atom. The van der Waals surface area contributed by atoms with Gasteiger partial charge >= 0.3 is 0 Å². The van der Waals surface area contributed by atoms with E-state index in [2.05, 4.69) is 18.9 Å². The lowest BCUT2D eigenvalue weighted by Gasteiger charge is -2.17. The molecule has 0 heterocycles. The zero-order valence-corrected chi connectivity index (χ0v) is 9.96. The highest BCUT2D eigenvalue weighted by Crippen LogP contribution is 2.00. The maximum atomic E-state index is 5.84. The Kier molecular flexibility index (Phi) is 9.35. The number of nitrogens with zero attached hydrogens (tertiary/aromatic N) is 1. The summed E-state index contributed by atoms with van der Waals surface area (Å²) in [6, 6.07) is 0.391. The maximum Gasteiger partial charge on any atom is 0.0474 e. The van der Waals surface area contributed by atoms with E-state index in [-0.39, 0.29) is 0 Å². The zero-order chi connectivity index (χ0) is 10.8. The molecule has 0 fully saturated rings. The Balaban J connectivity index is 3.21. The van der Waals surface area contributed by atoms with Crippen LogP contribution in [-0.4, -0.2) is 44.8 Å². The molecular weight excluding hydrogens is 176 g/mol. The molecule has 0 aromatic carbocycles. The summed E-state index contributed by atoms with van der Waals surface area (Å²) in [7, 11) is 3.91. The largest absolute Gasteiger partial charge is 0.385 e. The predicted octanol–water partition coefficient (Wildman–Crippen LogP) is 1.47. The van der Waals surface area contributed by atoms with Crippen LogP contribution in [0.3, 0.4) is 0 Å². The molecule has 0 amide bonds. The third-order valence-electron chi connectivity index (χ3n) is 2.53. The van der Waals surface area contributed by atoms with Gasteiger partial charge in [-0.3, -0.25) is 0 Å². The van der Waals surface area contributed by atoms with Crippen LogP contribution >= 0.6 is 0 Å². The first kappa shape index (κ1) is 13.9. The van der Waals surface area contributed by atoms with E-state index in [0.717, 1.165) is 39.0 Å². The average Bonchev–Trinajstić information content (AvgIpc) is 2.18. The van der Waals surface area contributed by atoms with E-state index >= 15 is 0 Å². The standard InChI is InChI=1S/C11H26N2O/c1-4-11(12)7-5-8-13(2)9-6-10-14-3/h11H,4-10,12H2,1-3H3. The highest BCUT2D eigenvalue weighted by molar-refractivity contribution is 4.60. The van der Waals surface area contributed by atoms with Crippen LogP contribution < -0.4 is 5.73 Å². The van der Waals surface area contributed by atoms with Crippen molar-refractivity contribution in [2.75, 3.05) is 33.9 Å². The van der Waals surface area contributed by atoms with Crippen molar-refractivity contribution in [3.05, 3.63) is 0 Å². The lowest BCUT2D eigenvalue weighted by molar-refractivity contribution is 0.178. The second-order valence-corrected chi connectivity index (χ2v) is 3.96. The van der Waals surface area contributed by atoms with Gasteiger partial charge in [0, 0.05) is 26.3 Å². The van der Waals surface area contributed by atoms with Crippen molar-refractivity contribution in [1.82, 2.24) is 4.90 Å². The second kappa shape index (κ2) is 9.44. The monoisotopic (exact) mass is 202 g/mol. The smallest absolute Gasteiger partial charge is 0.0474 e.